The largest absolute Gasteiger partial charge is 0.384 e. The molecule has 1 saturated carbocycles. The number of hydrogen-bond donors (Lipinski definition) is 0. The molecule has 3 atom stereocenters. The summed E-state index contributed by atoms with van der Waals surface area (Å²) in [5, 5.41) is 1.59. The standard InChI is InChI=1S/C23H32OSi/c1-19-15-23(18-24-2,21-11-7-5-8-12-21)16-20(19)17-25(3,4)22-13-9-6-10-14-22/h5-14,19-20H,15-18H2,1-4H3/t19-,20+,23?/m1/s1. The number of benzene rings is 2. The average Bonchev–Trinajstić information content (AvgIpc) is 2.93. The maximum atomic E-state index is 5.71. The maximum Gasteiger partial charge on any atom is 0.0809 e. The second kappa shape index (κ2) is 7.47. The first-order valence-corrected chi connectivity index (χ1v) is 12.8. The van der Waals surface area contributed by atoms with Crippen molar-refractivity contribution in [3.63, 3.8) is 0 Å². The highest BCUT2D eigenvalue weighted by molar-refractivity contribution is 6.89. The van der Waals surface area contributed by atoms with E-state index in [2.05, 4.69) is 80.7 Å². The quantitative estimate of drug-likeness (QED) is 0.647. The van der Waals surface area contributed by atoms with Crippen molar-refractivity contribution in [1.82, 2.24) is 0 Å². The molecular formula is C23H32OSi. The predicted molar refractivity (Wildman–Crippen MR) is 110 cm³/mol. The van der Waals surface area contributed by atoms with Crippen LogP contribution in [0.25, 0.3) is 0 Å². The smallest absolute Gasteiger partial charge is 0.0809 e. The Kier molecular flexibility index (Phi) is 5.50. The van der Waals surface area contributed by atoms with Gasteiger partial charge in [-0.25, -0.2) is 0 Å². The lowest BCUT2D eigenvalue weighted by molar-refractivity contribution is 0.128. The molecule has 134 valence electrons. The van der Waals surface area contributed by atoms with E-state index in [-0.39, 0.29) is 5.41 Å². The third kappa shape index (κ3) is 3.90. The van der Waals surface area contributed by atoms with Crippen molar-refractivity contribution in [3.8, 4) is 0 Å². The summed E-state index contributed by atoms with van der Waals surface area (Å²) in [6.45, 7) is 8.37. The minimum Gasteiger partial charge on any atom is -0.384 e. The maximum absolute atomic E-state index is 5.71. The van der Waals surface area contributed by atoms with Gasteiger partial charge >= 0.3 is 0 Å². The highest BCUT2D eigenvalue weighted by Gasteiger charge is 2.46. The van der Waals surface area contributed by atoms with Crippen LogP contribution in [0.5, 0.6) is 0 Å². The third-order valence-electron chi connectivity index (χ3n) is 6.30. The van der Waals surface area contributed by atoms with Gasteiger partial charge in [-0.2, -0.15) is 0 Å². The van der Waals surface area contributed by atoms with Crippen LogP contribution in [-0.2, 0) is 10.2 Å². The Hall–Kier alpha value is -1.38. The second-order valence-electron chi connectivity index (χ2n) is 8.68. The molecule has 0 aromatic heterocycles. The highest BCUT2D eigenvalue weighted by Crippen LogP contribution is 2.50. The summed E-state index contributed by atoms with van der Waals surface area (Å²) in [4.78, 5) is 0. The van der Waals surface area contributed by atoms with Crippen molar-refractivity contribution in [3.05, 3.63) is 66.2 Å². The van der Waals surface area contributed by atoms with E-state index in [9.17, 15) is 0 Å². The van der Waals surface area contributed by atoms with Crippen molar-refractivity contribution in [1.29, 1.82) is 0 Å². The summed E-state index contributed by atoms with van der Waals surface area (Å²) in [5.41, 5.74) is 1.66. The van der Waals surface area contributed by atoms with Crippen LogP contribution in [0.2, 0.25) is 19.1 Å². The first-order valence-electron chi connectivity index (χ1n) is 9.57. The fourth-order valence-corrected chi connectivity index (χ4v) is 8.20. The molecule has 25 heavy (non-hydrogen) atoms. The lowest BCUT2D eigenvalue weighted by Crippen LogP contribution is -2.43. The van der Waals surface area contributed by atoms with Gasteiger partial charge in [-0.1, -0.05) is 91.9 Å². The zero-order valence-corrected chi connectivity index (χ0v) is 17.2. The van der Waals surface area contributed by atoms with Crippen molar-refractivity contribution in [2.75, 3.05) is 13.7 Å². The molecule has 1 nitrogen and oxygen atoms in total. The zero-order chi connectivity index (χ0) is 17.9. The van der Waals surface area contributed by atoms with E-state index in [4.69, 9.17) is 4.74 Å². The topological polar surface area (TPSA) is 9.23 Å². The molecule has 1 aliphatic carbocycles. The lowest BCUT2D eigenvalue weighted by Gasteiger charge is -2.31. The number of methoxy groups -OCH3 is 1. The summed E-state index contributed by atoms with van der Waals surface area (Å²) in [5.74, 6) is 1.54. The lowest BCUT2D eigenvalue weighted by atomic mass is 9.78. The van der Waals surface area contributed by atoms with Gasteiger partial charge in [-0.15, -0.1) is 0 Å². The molecule has 0 radical (unpaired) electrons. The molecule has 0 spiro atoms. The van der Waals surface area contributed by atoms with Crippen molar-refractivity contribution < 1.29 is 4.74 Å². The summed E-state index contributed by atoms with van der Waals surface area (Å²) in [6.07, 6.45) is 2.50. The van der Waals surface area contributed by atoms with Gasteiger partial charge in [-0.05, 0) is 30.2 Å². The van der Waals surface area contributed by atoms with Crippen LogP contribution in [0.4, 0.5) is 0 Å². The molecule has 1 unspecified atom stereocenters. The van der Waals surface area contributed by atoms with E-state index < -0.39 is 8.07 Å². The minimum absolute atomic E-state index is 0.196. The number of hydrogen-bond acceptors (Lipinski definition) is 1. The van der Waals surface area contributed by atoms with Crippen LogP contribution in [0.1, 0.15) is 25.3 Å². The van der Waals surface area contributed by atoms with Crippen LogP contribution in [-0.4, -0.2) is 21.8 Å². The number of rotatable bonds is 6. The molecule has 2 aromatic rings. The van der Waals surface area contributed by atoms with E-state index in [0.29, 0.717) is 0 Å². The molecular weight excluding hydrogens is 320 g/mol. The average molecular weight is 353 g/mol. The van der Waals surface area contributed by atoms with Gasteiger partial charge in [0.25, 0.3) is 0 Å². The minimum atomic E-state index is -1.41. The fraction of sp³-hybridized carbons (Fsp3) is 0.478. The Morgan fingerprint density at radius 1 is 0.960 bits per heavy atom. The van der Waals surface area contributed by atoms with Gasteiger partial charge in [0.2, 0.25) is 0 Å². The Bertz CT molecular complexity index is 667. The molecule has 0 aliphatic heterocycles. The molecule has 0 heterocycles. The summed E-state index contributed by atoms with van der Waals surface area (Å²) in [7, 11) is 0.439. The van der Waals surface area contributed by atoms with Crippen LogP contribution in [0.15, 0.2) is 60.7 Å². The third-order valence-corrected chi connectivity index (χ3v) is 9.75. The van der Waals surface area contributed by atoms with Gasteiger partial charge < -0.3 is 4.74 Å². The number of ether oxygens (including phenoxy) is 1. The van der Waals surface area contributed by atoms with Gasteiger partial charge in [-0.3, -0.25) is 0 Å². The van der Waals surface area contributed by atoms with E-state index in [1.807, 2.05) is 7.11 Å². The Morgan fingerprint density at radius 2 is 1.56 bits per heavy atom. The molecule has 2 aromatic carbocycles. The predicted octanol–water partition coefficient (Wildman–Crippen LogP) is 5.23. The van der Waals surface area contributed by atoms with Crippen molar-refractivity contribution >= 4 is 13.3 Å². The zero-order valence-electron chi connectivity index (χ0n) is 16.2. The Balaban J connectivity index is 1.82. The molecule has 3 rings (SSSR count). The van der Waals surface area contributed by atoms with Crippen LogP contribution in [0.3, 0.4) is 0 Å². The monoisotopic (exact) mass is 352 g/mol. The first-order chi connectivity index (χ1) is 12.0. The van der Waals surface area contributed by atoms with E-state index in [0.717, 1.165) is 18.4 Å². The molecule has 2 heteroatoms. The van der Waals surface area contributed by atoms with Gasteiger partial charge in [0.15, 0.2) is 0 Å². The van der Waals surface area contributed by atoms with Crippen LogP contribution >= 0.6 is 0 Å². The van der Waals surface area contributed by atoms with E-state index >= 15 is 0 Å². The van der Waals surface area contributed by atoms with Gasteiger partial charge in [0.05, 0.1) is 14.7 Å². The summed E-state index contributed by atoms with van der Waals surface area (Å²) in [6, 6.07) is 23.6. The molecule has 0 bridgehead atoms. The van der Waals surface area contributed by atoms with Crippen LogP contribution < -0.4 is 5.19 Å². The SMILES string of the molecule is COCC1(c2ccccc2)C[C@@H](C[Si](C)(C)c2ccccc2)[C@H](C)C1. The van der Waals surface area contributed by atoms with Gasteiger partial charge in [0, 0.05) is 12.5 Å². The highest BCUT2D eigenvalue weighted by atomic mass is 28.3. The molecule has 0 amide bonds. The Morgan fingerprint density at radius 3 is 2.16 bits per heavy atom. The molecule has 1 aliphatic rings. The molecule has 1 fully saturated rings. The Labute approximate surface area is 154 Å². The molecule has 0 saturated heterocycles. The van der Waals surface area contributed by atoms with Crippen molar-refractivity contribution in [2.45, 2.75) is 44.3 Å². The summed E-state index contributed by atoms with van der Waals surface area (Å²) >= 11 is 0. The first kappa shape index (κ1) is 18.4. The normalized spacial score (nSPS) is 26.7. The van der Waals surface area contributed by atoms with E-state index in [1.54, 1.807) is 5.19 Å². The fourth-order valence-electron chi connectivity index (χ4n) is 5.01. The summed E-state index contributed by atoms with van der Waals surface area (Å²) < 4.78 is 5.71. The van der Waals surface area contributed by atoms with Crippen LogP contribution in [0, 0.1) is 11.8 Å². The molecule has 0 N–H and O–H groups in total. The second-order valence-corrected chi connectivity index (χ2v) is 13.4. The van der Waals surface area contributed by atoms with E-state index in [1.165, 1.54) is 24.4 Å². The van der Waals surface area contributed by atoms with Crippen molar-refractivity contribution in [2.24, 2.45) is 11.8 Å². The van der Waals surface area contributed by atoms with Gasteiger partial charge in [0.1, 0.15) is 0 Å².